The molecule has 1 aliphatic heterocycles. The van der Waals surface area contributed by atoms with Gasteiger partial charge in [0.05, 0.1) is 22.4 Å². The van der Waals surface area contributed by atoms with E-state index in [-0.39, 0.29) is 30.1 Å². The van der Waals surface area contributed by atoms with Gasteiger partial charge in [0.2, 0.25) is 5.91 Å². The molecule has 2 aromatic rings. The van der Waals surface area contributed by atoms with E-state index in [0.717, 1.165) is 5.52 Å². The molecule has 0 N–H and O–H groups in total. The second kappa shape index (κ2) is 5.61. The lowest BCUT2D eigenvalue weighted by Crippen LogP contribution is -2.49. The van der Waals surface area contributed by atoms with Gasteiger partial charge in [-0.25, -0.2) is 0 Å². The van der Waals surface area contributed by atoms with E-state index in [1.165, 1.54) is 17.4 Å². The Kier molecular flexibility index (Phi) is 3.82. The lowest BCUT2D eigenvalue weighted by Gasteiger charge is -2.35. The van der Waals surface area contributed by atoms with Crippen LogP contribution < -0.4 is 5.43 Å². The fourth-order valence-electron chi connectivity index (χ4n) is 2.79. The third kappa shape index (κ3) is 2.87. The van der Waals surface area contributed by atoms with E-state index in [2.05, 4.69) is 0 Å². The van der Waals surface area contributed by atoms with E-state index >= 15 is 0 Å². The highest BCUT2D eigenvalue weighted by molar-refractivity contribution is 7.17. The van der Waals surface area contributed by atoms with Gasteiger partial charge in [-0.05, 0) is 25.3 Å². The van der Waals surface area contributed by atoms with Crippen LogP contribution in [0, 0.1) is 0 Å². The van der Waals surface area contributed by atoms with Gasteiger partial charge in [-0.15, -0.1) is 11.3 Å². The lowest BCUT2D eigenvalue weighted by molar-refractivity contribution is -0.143. The first-order valence-electron chi connectivity index (χ1n) is 7.04. The fourth-order valence-corrected chi connectivity index (χ4v) is 3.62. The summed E-state index contributed by atoms with van der Waals surface area (Å²) in [5.41, 5.74) is 0.840. The largest absolute Gasteiger partial charge is 0.372 e. The van der Waals surface area contributed by atoms with Gasteiger partial charge < -0.3 is 14.2 Å². The zero-order chi connectivity index (χ0) is 15.0. The number of hydrogen-bond donors (Lipinski definition) is 0. The molecule has 0 saturated carbocycles. The Hall–Kier alpha value is -1.66. The molecule has 21 heavy (non-hydrogen) atoms. The molecule has 2 aromatic heterocycles. The number of morpholine rings is 1. The standard InChI is InChI=1S/C15H18N2O3S/c1-10-7-17(8-11(2)20-10)14(19)9-16-5-3-13(18)15-12(16)4-6-21-15/h3-6,10-11H,7-9H2,1-2H3/t10-,11-/m1/s1. The summed E-state index contributed by atoms with van der Waals surface area (Å²) in [7, 11) is 0. The fraction of sp³-hybridized carbons (Fsp3) is 0.467. The zero-order valence-electron chi connectivity index (χ0n) is 12.1. The van der Waals surface area contributed by atoms with E-state index < -0.39 is 0 Å². The van der Waals surface area contributed by atoms with Crippen LogP contribution in [0.4, 0.5) is 0 Å². The summed E-state index contributed by atoms with van der Waals surface area (Å²) in [6, 6.07) is 3.41. The molecule has 3 heterocycles. The predicted octanol–water partition coefficient (Wildman–Crippen LogP) is 1.70. The predicted molar refractivity (Wildman–Crippen MR) is 82.7 cm³/mol. The molecule has 0 unspecified atom stereocenters. The number of ether oxygens (including phenoxy) is 1. The van der Waals surface area contributed by atoms with E-state index in [4.69, 9.17) is 4.74 Å². The molecule has 1 amide bonds. The highest BCUT2D eigenvalue weighted by Crippen LogP contribution is 2.17. The maximum absolute atomic E-state index is 12.5. The van der Waals surface area contributed by atoms with Crippen molar-refractivity contribution in [3.63, 3.8) is 0 Å². The smallest absolute Gasteiger partial charge is 0.242 e. The third-order valence-electron chi connectivity index (χ3n) is 3.66. The molecule has 0 radical (unpaired) electrons. The van der Waals surface area contributed by atoms with Gasteiger partial charge in [-0.2, -0.15) is 0 Å². The van der Waals surface area contributed by atoms with Crippen molar-refractivity contribution in [3.8, 4) is 0 Å². The first-order valence-corrected chi connectivity index (χ1v) is 7.92. The Morgan fingerprint density at radius 2 is 2.05 bits per heavy atom. The molecular formula is C15H18N2O3S. The summed E-state index contributed by atoms with van der Waals surface area (Å²) in [6.07, 6.45) is 1.82. The van der Waals surface area contributed by atoms with Gasteiger partial charge in [0.15, 0.2) is 5.43 Å². The van der Waals surface area contributed by atoms with Gasteiger partial charge in [0, 0.05) is 25.4 Å². The average Bonchev–Trinajstić information content (AvgIpc) is 2.91. The number of fused-ring (bicyclic) bond motifs is 1. The quantitative estimate of drug-likeness (QED) is 0.848. The van der Waals surface area contributed by atoms with Crippen LogP contribution in [-0.4, -0.2) is 40.7 Å². The maximum Gasteiger partial charge on any atom is 0.242 e. The van der Waals surface area contributed by atoms with Gasteiger partial charge in [-0.3, -0.25) is 9.59 Å². The van der Waals surface area contributed by atoms with Gasteiger partial charge in [-0.1, -0.05) is 0 Å². The van der Waals surface area contributed by atoms with Crippen LogP contribution in [0.15, 0.2) is 28.5 Å². The van der Waals surface area contributed by atoms with Crippen LogP contribution in [0.3, 0.4) is 0 Å². The SMILES string of the molecule is C[C@@H]1CN(C(=O)Cn2ccc(=O)c3sccc32)C[C@@H](C)O1. The van der Waals surface area contributed by atoms with Crippen molar-refractivity contribution in [1.29, 1.82) is 0 Å². The van der Waals surface area contributed by atoms with Crippen molar-refractivity contribution >= 4 is 27.5 Å². The number of amides is 1. The molecule has 6 heteroatoms. The van der Waals surface area contributed by atoms with E-state index in [0.29, 0.717) is 17.8 Å². The van der Waals surface area contributed by atoms with E-state index in [1.54, 1.807) is 6.20 Å². The molecule has 0 bridgehead atoms. The molecule has 0 aromatic carbocycles. The number of aromatic nitrogens is 1. The Labute approximate surface area is 126 Å². The minimum Gasteiger partial charge on any atom is -0.372 e. The number of nitrogens with zero attached hydrogens (tertiary/aromatic N) is 2. The second-order valence-electron chi connectivity index (χ2n) is 5.50. The van der Waals surface area contributed by atoms with Crippen molar-refractivity contribution < 1.29 is 9.53 Å². The molecule has 112 valence electrons. The minimum atomic E-state index is 0.0114. The Balaban J connectivity index is 1.82. The van der Waals surface area contributed by atoms with Crippen molar-refractivity contribution in [2.24, 2.45) is 0 Å². The van der Waals surface area contributed by atoms with Crippen molar-refractivity contribution in [2.75, 3.05) is 13.1 Å². The maximum atomic E-state index is 12.5. The second-order valence-corrected chi connectivity index (χ2v) is 6.42. The molecule has 1 saturated heterocycles. The Morgan fingerprint density at radius 1 is 1.33 bits per heavy atom. The first kappa shape index (κ1) is 14.3. The van der Waals surface area contributed by atoms with Crippen molar-refractivity contribution in [1.82, 2.24) is 9.47 Å². The number of hydrogen-bond acceptors (Lipinski definition) is 4. The number of thiophene rings is 1. The van der Waals surface area contributed by atoms with Crippen LogP contribution in [0.1, 0.15) is 13.8 Å². The minimum absolute atomic E-state index is 0.0114. The van der Waals surface area contributed by atoms with Crippen LogP contribution in [0.25, 0.3) is 10.2 Å². The molecule has 0 spiro atoms. The molecule has 1 fully saturated rings. The summed E-state index contributed by atoms with van der Waals surface area (Å²) in [4.78, 5) is 26.1. The molecule has 5 nitrogen and oxygen atoms in total. The van der Waals surface area contributed by atoms with Gasteiger partial charge in [0.1, 0.15) is 6.54 Å². The molecule has 2 atom stereocenters. The van der Waals surface area contributed by atoms with E-state index in [9.17, 15) is 9.59 Å². The Morgan fingerprint density at radius 3 is 2.76 bits per heavy atom. The Bertz CT molecular complexity index is 711. The van der Waals surface area contributed by atoms with Crippen LogP contribution >= 0.6 is 11.3 Å². The monoisotopic (exact) mass is 306 g/mol. The van der Waals surface area contributed by atoms with Crippen molar-refractivity contribution in [2.45, 2.75) is 32.6 Å². The molecular weight excluding hydrogens is 288 g/mol. The van der Waals surface area contributed by atoms with Crippen LogP contribution in [0.5, 0.6) is 0 Å². The van der Waals surface area contributed by atoms with E-state index in [1.807, 2.05) is 34.8 Å². The van der Waals surface area contributed by atoms with Gasteiger partial charge in [0.25, 0.3) is 0 Å². The lowest BCUT2D eigenvalue weighted by atomic mass is 10.2. The van der Waals surface area contributed by atoms with Crippen LogP contribution in [-0.2, 0) is 16.1 Å². The van der Waals surface area contributed by atoms with Crippen LogP contribution in [0.2, 0.25) is 0 Å². The number of carbonyl (C=O) groups is 1. The summed E-state index contributed by atoms with van der Waals surface area (Å²) < 4.78 is 8.20. The summed E-state index contributed by atoms with van der Waals surface area (Å²) in [5, 5.41) is 1.88. The topological polar surface area (TPSA) is 51.5 Å². The number of carbonyl (C=O) groups excluding carboxylic acids is 1. The third-order valence-corrected chi connectivity index (χ3v) is 4.58. The molecule has 1 aliphatic rings. The molecule has 0 aliphatic carbocycles. The number of pyridine rings is 1. The van der Waals surface area contributed by atoms with Crippen molar-refractivity contribution in [3.05, 3.63) is 33.9 Å². The van der Waals surface area contributed by atoms with Gasteiger partial charge >= 0.3 is 0 Å². The normalized spacial score (nSPS) is 22.7. The summed E-state index contributed by atoms with van der Waals surface area (Å²) >= 11 is 1.41. The summed E-state index contributed by atoms with van der Waals surface area (Å²) in [5.74, 6) is 0.0631. The highest BCUT2D eigenvalue weighted by Gasteiger charge is 2.25. The first-order chi connectivity index (χ1) is 10.0. The highest BCUT2D eigenvalue weighted by atomic mass is 32.1. The average molecular weight is 306 g/mol. The zero-order valence-corrected chi connectivity index (χ0v) is 12.9. The molecule has 3 rings (SSSR count). The summed E-state index contributed by atoms with van der Waals surface area (Å²) in [6.45, 7) is 5.46. The number of rotatable bonds is 2.